The van der Waals surface area contributed by atoms with Gasteiger partial charge in [-0.15, -0.1) is 0 Å². The zero-order valence-corrected chi connectivity index (χ0v) is 13.0. The number of aromatic nitrogens is 2. The first-order valence-corrected chi connectivity index (χ1v) is 7.34. The van der Waals surface area contributed by atoms with Crippen molar-refractivity contribution in [3.63, 3.8) is 0 Å². The molecule has 2 N–H and O–H groups in total. The fraction of sp³-hybridized carbons (Fsp3) is 0.667. The smallest absolute Gasteiger partial charge is 0.326 e. The number of carbonyl (C=O) groups excluding carboxylic acids is 1. The number of carboxylic acids is 1. The van der Waals surface area contributed by atoms with Gasteiger partial charge in [-0.05, 0) is 33.1 Å². The lowest BCUT2D eigenvalue weighted by Crippen LogP contribution is -2.43. The minimum atomic E-state index is -0.956. The van der Waals surface area contributed by atoms with Crippen LogP contribution in [0.1, 0.15) is 49.1 Å². The van der Waals surface area contributed by atoms with Crippen molar-refractivity contribution in [1.82, 2.24) is 15.1 Å². The van der Waals surface area contributed by atoms with Crippen molar-refractivity contribution in [3.8, 4) is 0 Å². The first kappa shape index (κ1) is 15.5. The molecule has 0 saturated heterocycles. The number of hydrogen-bond donors (Lipinski definition) is 2. The SMILES string of the molecule is Cc1nn(C)c(C)c1C(C)C(=O)NC(CC1CC1)C(=O)O. The number of hydrogen-bond acceptors (Lipinski definition) is 3. The van der Waals surface area contributed by atoms with Gasteiger partial charge in [0.2, 0.25) is 5.91 Å². The molecule has 1 aliphatic rings. The van der Waals surface area contributed by atoms with E-state index in [1.807, 2.05) is 20.9 Å². The average Bonchev–Trinajstić information content (AvgIpc) is 3.17. The lowest BCUT2D eigenvalue weighted by Gasteiger charge is -2.18. The Labute approximate surface area is 124 Å². The lowest BCUT2D eigenvalue weighted by molar-refractivity contribution is -0.142. The Morgan fingerprint density at radius 3 is 2.48 bits per heavy atom. The maximum atomic E-state index is 12.4. The Hall–Kier alpha value is -1.85. The predicted octanol–water partition coefficient (Wildman–Crippen LogP) is 1.51. The number of nitrogens with one attached hydrogen (secondary N) is 1. The van der Waals surface area contributed by atoms with E-state index >= 15 is 0 Å². The van der Waals surface area contributed by atoms with Crippen LogP contribution in [0.2, 0.25) is 0 Å². The fourth-order valence-electron chi connectivity index (χ4n) is 2.75. The minimum absolute atomic E-state index is 0.248. The van der Waals surface area contributed by atoms with Crippen molar-refractivity contribution in [2.45, 2.75) is 52.0 Å². The molecule has 6 nitrogen and oxygen atoms in total. The highest BCUT2D eigenvalue weighted by molar-refractivity contribution is 5.88. The van der Waals surface area contributed by atoms with E-state index in [0.717, 1.165) is 29.8 Å². The topological polar surface area (TPSA) is 84.2 Å². The summed E-state index contributed by atoms with van der Waals surface area (Å²) in [5.74, 6) is -1.16. The first-order chi connectivity index (χ1) is 9.81. The molecular formula is C15H23N3O3. The van der Waals surface area contributed by atoms with Crippen LogP contribution in [0.5, 0.6) is 0 Å². The highest BCUT2D eigenvalue weighted by Gasteiger charge is 2.32. The molecule has 0 radical (unpaired) electrons. The Morgan fingerprint density at radius 2 is 2.05 bits per heavy atom. The van der Waals surface area contributed by atoms with Crippen molar-refractivity contribution < 1.29 is 14.7 Å². The fourth-order valence-corrected chi connectivity index (χ4v) is 2.75. The van der Waals surface area contributed by atoms with Crippen LogP contribution >= 0.6 is 0 Å². The third kappa shape index (κ3) is 3.43. The summed E-state index contributed by atoms with van der Waals surface area (Å²) in [4.78, 5) is 23.6. The minimum Gasteiger partial charge on any atom is -0.480 e. The van der Waals surface area contributed by atoms with Crippen molar-refractivity contribution in [1.29, 1.82) is 0 Å². The summed E-state index contributed by atoms with van der Waals surface area (Å²) in [5.41, 5.74) is 2.63. The van der Waals surface area contributed by atoms with Gasteiger partial charge in [0.25, 0.3) is 0 Å². The summed E-state index contributed by atoms with van der Waals surface area (Å²) in [6, 6.07) is -0.787. The van der Waals surface area contributed by atoms with Crippen LogP contribution in [-0.4, -0.2) is 32.8 Å². The molecule has 1 aromatic heterocycles. The molecule has 2 atom stereocenters. The van der Waals surface area contributed by atoms with Gasteiger partial charge in [-0.1, -0.05) is 12.8 Å². The van der Waals surface area contributed by atoms with Gasteiger partial charge in [0.1, 0.15) is 6.04 Å². The Balaban J connectivity index is 2.08. The number of rotatable bonds is 6. The van der Waals surface area contributed by atoms with Crippen LogP contribution in [0.15, 0.2) is 0 Å². The molecule has 116 valence electrons. The van der Waals surface area contributed by atoms with Gasteiger partial charge in [0.05, 0.1) is 11.6 Å². The number of carboxylic acid groups (broad SMARTS) is 1. The zero-order chi connectivity index (χ0) is 15.7. The Morgan fingerprint density at radius 1 is 1.43 bits per heavy atom. The van der Waals surface area contributed by atoms with Gasteiger partial charge < -0.3 is 10.4 Å². The van der Waals surface area contributed by atoms with Gasteiger partial charge in [0, 0.05) is 18.3 Å². The summed E-state index contributed by atoms with van der Waals surface area (Å²) >= 11 is 0. The summed E-state index contributed by atoms with van der Waals surface area (Å²) in [6.07, 6.45) is 2.66. The van der Waals surface area contributed by atoms with Crippen molar-refractivity contribution in [3.05, 3.63) is 17.0 Å². The number of amides is 1. The third-order valence-electron chi connectivity index (χ3n) is 4.27. The molecule has 6 heteroatoms. The van der Waals surface area contributed by atoms with Gasteiger partial charge in [-0.2, -0.15) is 5.10 Å². The summed E-state index contributed by atoms with van der Waals surface area (Å²) < 4.78 is 1.74. The average molecular weight is 293 g/mol. The second-order valence-electron chi connectivity index (χ2n) is 6.01. The van der Waals surface area contributed by atoms with E-state index in [-0.39, 0.29) is 5.91 Å². The number of nitrogens with zero attached hydrogens (tertiary/aromatic N) is 2. The predicted molar refractivity (Wildman–Crippen MR) is 78.0 cm³/mol. The van der Waals surface area contributed by atoms with Crippen LogP contribution < -0.4 is 5.32 Å². The lowest BCUT2D eigenvalue weighted by atomic mass is 9.97. The molecule has 1 amide bonds. The van der Waals surface area contributed by atoms with E-state index in [1.54, 1.807) is 11.6 Å². The summed E-state index contributed by atoms with van der Waals surface area (Å²) in [6.45, 7) is 5.57. The van der Waals surface area contributed by atoms with Crippen LogP contribution in [0, 0.1) is 19.8 Å². The second kappa shape index (κ2) is 5.87. The molecule has 0 aliphatic heterocycles. The second-order valence-corrected chi connectivity index (χ2v) is 6.01. The van der Waals surface area contributed by atoms with Gasteiger partial charge in [-0.3, -0.25) is 9.48 Å². The summed E-state index contributed by atoms with van der Waals surface area (Å²) in [7, 11) is 1.84. The molecule has 21 heavy (non-hydrogen) atoms. The molecule has 0 spiro atoms. The number of carbonyl (C=O) groups is 2. The van der Waals surface area contributed by atoms with E-state index in [9.17, 15) is 14.7 Å². The zero-order valence-electron chi connectivity index (χ0n) is 13.0. The van der Waals surface area contributed by atoms with Crippen LogP contribution in [0.3, 0.4) is 0 Å². The van der Waals surface area contributed by atoms with Crippen LogP contribution in [0.25, 0.3) is 0 Å². The van der Waals surface area contributed by atoms with E-state index < -0.39 is 17.9 Å². The van der Waals surface area contributed by atoms with Gasteiger partial charge >= 0.3 is 5.97 Å². The Bertz CT molecular complexity index is 561. The van der Waals surface area contributed by atoms with E-state index in [0.29, 0.717) is 12.3 Å². The summed E-state index contributed by atoms with van der Waals surface area (Å²) in [5, 5.41) is 16.2. The first-order valence-electron chi connectivity index (χ1n) is 7.34. The maximum absolute atomic E-state index is 12.4. The molecule has 1 saturated carbocycles. The standard InChI is InChI=1S/C15H23N3O3/c1-8(13-9(2)17-18(4)10(13)3)14(19)16-12(15(20)21)7-11-5-6-11/h8,11-12H,5-7H2,1-4H3,(H,16,19)(H,20,21). The van der Waals surface area contributed by atoms with Gasteiger partial charge in [0.15, 0.2) is 0 Å². The van der Waals surface area contributed by atoms with Crippen LogP contribution in [0.4, 0.5) is 0 Å². The van der Waals surface area contributed by atoms with E-state index in [2.05, 4.69) is 10.4 Å². The molecule has 1 aromatic rings. The Kier molecular flexibility index (Phi) is 4.34. The monoisotopic (exact) mass is 293 g/mol. The molecule has 2 rings (SSSR count). The van der Waals surface area contributed by atoms with Crippen molar-refractivity contribution >= 4 is 11.9 Å². The molecule has 0 bridgehead atoms. The maximum Gasteiger partial charge on any atom is 0.326 e. The van der Waals surface area contributed by atoms with E-state index in [4.69, 9.17) is 0 Å². The molecule has 2 unspecified atom stereocenters. The number of aliphatic carboxylic acids is 1. The van der Waals surface area contributed by atoms with Crippen LogP contribution in [-0.2, 0) is 16.6 Å². The third-order valence-corrected chi connectivity index (χ3v) is 4.27. The quantitative estimate of drug-likeness (QED) is 0.832. The molecule has 1 fully saturated rings. The highest BCUT2D eigenvalue weighted by Crippen LogP contribution is 2.33. The van der Waals surface area contributed by atoms with Gasteiger partial charge in [-0.25, -0.2) is 4.79 Å². The molecule has 1 heterocycles. The number of aryl methyl sites for hydroxylation is 2. The largest absolute Gasteiger partial charge is 0.480 e. The van der Waals surface area contributed by atoms with E-state index in [1.165, 1.54) is 0 Å². The normalized spacial score (nSPS) is 17.3. The molecule has 1 aliphatic carbocycles. The van der Waals surface area contributed by atoms with Crippen molar-refractivity contribution in [2.75, 3.05) is 0 Å². The molecule has 0 aromatic carbocycles. The van der Waals surface area contributed by atoms with Crippen molar-refractivity contribution in [2.24, 2.45) is 13.0 Å². The molecular weight excluding hydrogens is 270 g/mol. The highest BCUT2D eigenvalue weighted by atomic mass is 16.4.